The summed E-state index contributed by atoms with van der Waals surface area (Å²) in [4.78, 5) is 13.1. The second-order valence-electron chi connectivity index (χ2n) is 4.71. The van der Waals surface area contributed by atoms with Crippen molar-refractivity contribution < 1.29 is 9.90 Å². The van der Waals surface area contributed by atoms with Gasteiger partial charge in [-0.1, -0.05) is 18.2 Å². The van der Waals surface area contributed by atoms with Gasteiger partial charge in [-0.05, 0) is 37.8 Å². The van der Waals surface area contributed by atoms with E-state index in [1.165, 1.54) is 18.5 Å². The summed E-state index contributed by atoms with van der Waals surface area (Å²) in [7, 11) is 0. The van der Waals surface area contributed by atoms with Crippen molar-refractivity contribution >= 4 is 11.7 Å². The zero-order valence-corrected chi connectivity index (χ0v) is 10.2. The quantitative estimate of drug-likeness (QED) is 0.869. The minimum absolute atomic E-state index is 0.208. The van der Waals surface area contributed by atoms with Crippen LogP contribution in [-0.2, 0) is 11.2 Å². The molecule has 3 heteroatoms. The molecule has 0 amide bonds. The zero-order chi connectivity index (χ0) is 12.3. The summed E-state index contributed by atoms with van der Waals surface area (Å²) >= 11 is 0. The van der Waals surface area contributed by atoms with E-state index in [2.05, 4.69) is 17.9 Å². The third-order valence-electron chi connectivity index (χ3n) is 3.46. The van der Waals surface area contributed by atoms with Crippen LogP contribution < -0.4 is 4.90 Å². The number of hydrogen-bond acceptors (Lipinski definition) is 2. The van der Waals surface area contributed by atoms with Crippen LogP contribution >= 0.6 is 0 Å². The Bertz CT molecular complexity index is 403. The van der Waals surface area contributed by atoms with Crippen LogP contribution in [0.4, 0.5) is 5.69 Å². The molecule has 1 aromatic carbocycles. The highest BCUT2D eigenvalue weighted by molar-refractivity contribution is 5.68. The minimum Gasteiger partial charge on any atom is -0.481 e. The summed E-state index contributed by atoms with van der Waals surface area (Å²) in [6.07, 6.45) is 3.29. The van der Waals surface area contributed by atoms with E-state index in [1.807, 2.05) is 18.2 Å². The lowest BCUT2D eigenvalue weighted by Crippen LogP contribution is -2.27. The molecule has 0 aromatic heterocycles. The predicted octanol–water partition coefficient (Wildman–Crippen LogP) is 2.69. The van der Waals surface area contributed by atoms with Gasteiger partial charge in [0.05, 0.1) is 0 Å². The van der Waals surface area contributed by atoms with Gasteiger partial charge in [-0.3, -0.25) is 4.79 Å². The van der Waals surface area contributed by atoms with Crippen molar-refractivity contribution in [2.75, 3.05) is 11.4 Å². The first-order valence-corrected chi connectivity index (χ1v) is 6.25. The van der Waals surface area contributed by atoms with Gasteiger partial charge in [-0.25, -0.2) is 0 Å². The lowest BCUT2D eigenvalue weighted by molar-refractivity contribution is -0.136. The molecule has 1 aliphatic heterocycles. The lowest BCUT2D eigenvalue weighted by atomic mass is 10.1. The zero-order valence-electron chi connectivity index (χ0n) is 10.2. The van der Waals surface area contributed by atoms with Gasteiger partial charge in [0.1, 0.15) is 0 Å². The normalized spacial score (nSPS) is 19.6. The first kappa shape index (κ1) is 12.0. The Kier molecular flexibility index (Phi) is 3.67. The van der Waals surface area contributed by atoms with E-state index >= 15 is 0 Å². The van der Waals surface area contributed by atoms with Crippen molar-refractivity contribution in [3.8, 4) is 0 Å². The van der Waals surface area contributed by atoms with Crippen LogP contribution in [0.1, 0.15) is 31.7 Å². The summed E-state index contributed by atoms with van der Waals surface area (Å²) in [5.74, 6) is -0.728. The number of nitrogens with zero attached hydrogens (tertiary/aromatic N) is 1. The lowest BCUT2D eigenvalue weighted by Gasteiger charge is -2.26. The largest absolute Gasteiger partial charge is 0.481 e. The molecule has 1 fully saturated rings. The molecule has 1 N–H and O–H groups in total. The molecular formula is C14H19NO2. The monoisotopic (exact) mass is 233 g/mol. The molecule has 0 radical (unpaired) electrons. The van der Waals surface area contributed by atoms with Crippen LogP contribution in [0.5, 0.6) is 0 Å². The fourth-order valence-electron chi connectivity index (χ4n) is 2.54. The smallest absolute Gasteiger partial charge is 0.303 e. The van der Waals surface area contributed by atoms with Crippen molar-refractivity contribution in [1.29, 1.82) is 0 Å². The van der Waals surface area contributed by atoms with Gasteiger partial charge in [0, 0.05) is 24.7 Å². The number of aryl methyl sites for hydroxylation is 1. The van der Waals surface area contributed by atoms with Gasteiger partial charge < -0.3 is 10.0 Å². The Hall–Kier alpha value is -1.51. The van der Waals surface area contributed by atoms with Crippen LogP contribution in [-0.4, -0.2) is 23.7 Å². The van der Waals surface area contributed by atoms with Crippen LogP contribution in [0, 0.1) is 0 Å². The van der Waals surface area contributed by atoms with Crippen molar-refractivity contribution in [2.45, 2.75) is 38.6 Å². The number of benzene rings is 1. The van der Waals surface area contributed by atoms with E-state index in [9.17, 15) is 4.79 Å². The van der Waals surface area contributed by atoms with Gasteiger partial charge in [0.25, 0.3) is 0 Å². The summed E-state index contributed by atoms with van der Waals surface area (Å²) in [5, 5.41) is 8.77. The van der Waals surface area contributed by atoms with Gasteiger partial charge in [-0.2, -0.15) is 0 Å². The molecular weight excluding hydrogens is 214 g/mol. The maximum absolute atomic E-state index is 10.7. The Morgan fingerprint density at radius 3 is 2.88 bits per heavy atom. The number of carboxylic acids is 1. The molecule has 17 heavy (non-hydrogen) atoms. The third-order valence-corrected chi connectivity index (χ3v) is 3.46. The first-order chi connectivity index (χ1) is 8.18. The fourth-order valence-corrected chi connectivity index (χ4v) is 2.54. The van der Waals surface area contributed by atoms with Gasteiger partial charge in [0.15, 0.2) is 0 Å². The van der Waals surface area contributed by atoms with Crippen LogP contribution in [0.15, 0.2) is 24.3 Å². The maximum Gasteiger partial charge on any atom is 0.303 e. The van der Waals surface area contributed by atoms with E-state index in [-0.39, 0.29) is 6.42 Å². The Morgan fingerprint density at radius 1 is 1.47 bits per heavy atom. The molecule has 1 aliphatic rings. The average molecular weight is 233 g/mol. The maximum atomic E-state index is 10.7. The number of carboxylic acid groups (broad SMARTS) is 1. The van der Waals surface area contributed by atoms with E-state index in [0.29, 0.717) is 12.5 Å². The van der Waals surface area contributed by atoms with E-state index in [4.69, 9.17) is 5.11 Å². The van der Waals surface area contributed by atoms with Crippen LogP contribution in [0.25, 0.3) is 0 Å². The van der Waals surface area contributed by atoms with Gasteiger partial charge in [-0.15, -0.1) is 0 Å². The molecule has 1 saturated heterocycles. The highest BCUT2D eigenvalue weighted by atomic mass is 16.4. The molecule has 1 heterocycles. The number of para-hydroxylation sites is 1. The summed E-state index contributed by atoms with van der Waals surface area (Å²) < 4.78 is 0. The highest BCUT2D eigenvalue weighted by Crippen LogP contribution is 2.29. The second-order valence-corrected chi connectivity index (χ2v) is 4.71. The third kappa shape index (κ3) is 2.78. The van der Waals surface area contributed by atoms with Crippen LogP contribution in [0.2, 0.25) is 0 Å². The number of hydrogen-bond donors (Lipinski definition) is 1. The molecule has 0 spiro atoms. The summed E-state index contributed by atoms with van der Waals surface area (Å²) in [6, 6.07) is 8.75. The first-order valence-electron chi connectivity index (χ1n) is 6.25. The highest BCUT2D eigenvalue weighted by Gasteiger charge is 2.22. The Morgan fingerprint density at radius 2 is 2.24 bits per heavy atom. The van der Waals surface area contributed by atoms with Gasteiger partial charge in [0.2, 0.25) is 0 Å². The topological polar surface area (TPSA) is 40.5 Å². The average Bonchev–Trinajstić information content (AvgIpc) is 2.73. The number of anilines is 1. The second kappa shape index (κ2) is 5.21. The Labute approximate surface area is 102 Å². The van der Waals surface area contributed by atoms with E-state index < -0.39 is 5.97 Å². The van der Waals surface area contributed by atoms with Crippen molar-refractivity contribution in [2.24, 2.45) is 0 Å². The van der Waals surface area contributed by atoms with Crippen molar-refractivity contribution in [3.05, 3.63) is 29.8 Å². The molecule has 0 saturated carbocycles. The van der Waals surface area contributed by atoms with Crippen molar-refractivity contribution in [1.82, 2.24) is 0 Å². The number of rotatable bonds is 4. The molecule has 0 bridgehead atoms. The standard InChI is InChI=1S/C14H19NO2/c1-11-5-4-10-15(11)13-7-3-2-6-12(13)8-9-14(16)17/h2-3,6-7,11H,4-5,8-10H2,1H3,(H,16,17). The fraction of sp³-hybridized carbons (Fsp3) is 0.500. The molecule has 1 atom stereocenters. The summed E-state index contributed by atoms with van der Waals surface area (Å²) in [6.45, 7) is 3.33. The van der Waals surface area contributed by atoms with E-state index in [0.717, 1.165) is 12.1 Å². The molecule has 92 valence electrons. The van der Waals surface area contributed by atoms with Gasteiger partial charge >= 0.3 is 5.97 Å². The molecule has 1 aromatic rings. The van der Waals surface area contributed by atoms with Crippen molar-refractivity contribution in [3.63, 3.8) is 0 Å². The Balaban J connectivity index is 2.18. The summed E-state index contributed by atoms with van der Waals surface area (Å²) in [5.41, 5.74) is 2.38. The van der Waals surface area contributed by atoms with Crippen LogP contribution in [0.3, 0.4) is 0 Å². The molecule has 3 nitrogen and oxygen atoms in total. The SMILES string of the molecule is CC1CCCN1c1ccccc1CCC(=O)O. The number of carbonyl (C=O) groups is 1. The van der Waals surface area contributed by atoms with E-state index in [1.54, 1.807) is 0 Å². The predicted molar refractivity (Wildman–Crippen MR) is 68.4 cm³/mol. The molecule has 2 rings (SSSR count). The molecule has 1 unspecified atom stereocenters. The number of aliphatic carboxylic acids is 1. The molecule has 0 aliphatic carbocycles. The minimum atomic E-state index is -0.728.